The van der Waals surface area contributed by atoms with Gasteiger partial charge in [-0.25, -0.2) is 0 Å². The fraction of sp³-hybridized carbons (Fsp3) is 0.417. The molecule has 0 saturated heterocycles. The standard InChI is InChI=1S/C12H13ClN2O/c13-9-3-8-6-15(5-7-1-2-7)12(16)11(8)10(14)4-9/h3-4,7H,1-2,5-6,14H2. The number of rotatable bonds is 2. The molecule has 1 amide bonds. The average Bonchev–Trinajstić information content (AvgIpc) is 2.93. The Labute approximate surface area is 99.2 Å². The van der Waals surface area contributed by atoms with E-state index in [0.717, 1.165) is 12.1 Å². The highest BCUT2D eigenvalue weighted by molar-refractivity contribution is 6.31. The third-order valence-corrected chi connectivity index (χ3v) is 3.47. The second-order valence-electron chi connectivity index (χ2n) is 4.66. The zero-order chi connectivity index (χ0) is 11.3. The molecule has 0 aromatic heterocycles. The molecule has 1 aliphatic carbocycles. The van der Waals surface area contributed by atoms with Crippen molar-refractivity contribution >= 4 is 23.2 Å². The fourth-order valence-corrected chi connectivity index (χ4v) is 2.52. The predicted octanol–water partition coefficient (Wildman–Crippen LogP) is 2.29. The molecule has 1 heterocycles. The summed E-state index contributed by atoms with van der Waals surface area (Å²) in [5, 5.41) is 0.609. The number of nitrogens with two attached hydrogens (primary N) is 1. The third kappa shape index (κ3) is 1.55. The van der Waals surface area contributed by atoms with Crippen molar-refractivity contribution in [2.45, 2.75) is 19.4 Å². The lowest BCUT2D eigenvalue weighted by atomic mass is 10.1. The minimum atomic E-state index is 0.0658. The molecule has 0 unspecified atom stereocenters. The Balaban J connectivity index is 1.93. The van der Waals surface area contributed by atoms with Crippen molar-refractivity contribution in [3.05, 3.63) is 28.3 Å². The molecule has 1 aliphatic heterocycles. The van der Waals surface area contributed by atoms with E-state index < -0.39 is 0 Å². The van der Waals surface area contributed by atoms with E-state index in [2.05, 4.69) is 0 Å². The maximum absolute atomic E-state index is 12.1. The van der Waals surface area contributed by atoms with Crippen molar-refractivity contribution in [3.63, 3.8) is 0 Å². The minimum absolute atomic E-state index is 0.0658. The smallest absolute Gasteiger partial charge is 0.256 e. The lowest BCUT2D eigenvalue weighted by molar-refractivity contribution is 0.0772. The molecule has 1 aromatic rings. The van der Waals surface area contributed by atoms with Gasteiger partial charge in [-0.1, -0.05) is 11.6 Å². The Morgan fingerprint density at radius 1 is 1.44 bits per heavy atom. The Bertz CT molecular complexity index is 468. The minimum Gasteiger partial charge on any atom is -0.398 e. The van der Waals surface area contributed by atoms with Crippen LogP contribution in [-0.2, 0) is 6.54 Å². The van der Waals surface area contributed by atoms with Gasteiger partial charge in [-0.3, -0.25) is 4.79 Å². The van der Waals surface area contributed by atoms with Gasteiger partial charge in [0.25, 0.3) is 5.91 Å². The van der Waals surface area contributed by atoms with Gasteiger partial charge >= 0.3 is 0 Å². The largest absolute Gasteiger partial charge is 0.398 e. The molecule has 2 aliphatic rings. The molecule has 84 valence electrons. The van der Waals surface area contributed by atoms with Crippen LogP contribution in [0.25, 0.3) is 0 Å². The quantitative estimate of drug-likeness (QED) is 0.801. The summed E-state index contributed by atoms with van der Waals surface area (Å²) in [7, 11) is 0. The van der Waals surface area contributed by atoms with Crippen LogP contribution in [0.1, 0.15) is 28.8 Å². The van der Waals surface area contributed by atoms with E-state index >= 15 is 0 Å². The Morgan fingerprint density at radius 2 is 2.19 bits per heavy atom. The van der Waals surface area contributed by atoms with E-state index in [0.29, 0.717) is 28.7 Å². The molecule has 2 N–H and O–H groups in total. The van der Waals surface area contributed by atoms with E-state index in [4.69, 9.17) is 17.3 Å². The summed E-state index contributed by atoms with van der Waals surface area (Å²) in [4.78, 5) is 14.0. The van der Waals surface area contributed by atoms with E-state index in [-0.39, 0.29) is 5.91 Å². The molecule has 4 heteroatoms. The Morgan fingerprint density at radius 3 is 2.88 bits per heavy atom. The van der Waals surface area contributed by atoms with Crippen molar-refractivity contribution in [1.82, 2.24) is 4.90 Å². The number of carbonyl (C=O) groups excluding carboxylic acids is 1. The van der Waals surface area contributed by atoms with Crippen molar-refractivity contribution in [2.24, 2.45) is 5.92 Å². The first-order valence-electron chi connectivity index (χ1n) is 5.52. The zero-order valence-electron chi connectivity index (χ0n) is 8.87. The number of carbonyl (C=O) groups is 1. The summed E-state index contributed by atoms with van der Waals surface area (Å²) in [5.41, 5.74) is 7.97. The van der Waals surface area contributed by atoms with Gasteiger partial charge in [0.2, 0.25) is 0 Å². The monoisotopic (exact) mass is 236 g/mol. The summed E-state index contributed by atoms with van der Waals surface area (Å²) in [6, 6.07) is 3.50. The highest BCUT2D eigenvalue weighted by Gasteiger charge is 2.33. The normalized spacial score (nSPS) is 19.1. The van der Waals surface area contributed by atoms with Crippen molar-refractivity contribution in [2.75, 3.05) is 12.3 Å². The number of amides is 1. The van der Waals surface area contributed by atoms with Crippen LogP contribution in [0.15, 0.2) is 12.1 Å². The van der Waals surface area contributed by atoms with Gasteiger partial charge in [0, 0.05) is 23.8 Å². The molecule has 1 aromatic carbocycles. The number of hydrogen-bond acceptors (Lipinski definition) is 2. The van der Waals surface area contributed by atoms with Gasteiger partial charge in [0.05, 0.1) is 5.56 Å². The first-order chi connectivity index (χ1) is 7.65. The SMILES string of the molecule is Nc1cc(Cl)cc2c1C(=O)N(CC1CC1)C2. The number of halogens is 1. The molecule has 0 radical (unpaired) electrons. The molecule has 0 bridgehead atoms. The summed E-state index contributed by atoms with van der Waals surface area (Å²) in [6.45, 7) is 1.53. The molecule has 3 nitrogen and oxygen atoms in total. The average molecular weight is 237 g/mol. The van der Waals surface area contributed by atoms with Gasteiger partial charge < -0.3 is 10.6 Å². The maximum Gasteiger partial charge on any atom is 0.256 e. The number of nitrogens with zero attached hydrogens (tertiary/aromatic N) is 1. The van der Waals surface area contributed by atoms with Crippen molar-refractivity contribution in [1.29, 1.82) is 0 Å². The second-order valence-corrected chi connectivity index (χ2v) is 5.09. The van der Waals surface area contributed by atoms with E-state index in [1.165, 1.54) is 12.8 Å². The van der Waals surface area contributed by atoms with Crippen molar-refractivity contribution < 1.29 is 4.79 Å². The number of hydrogen-bond donors (Lipinski definition) is 1. The Hall–Kier alpha value is -1.22. The lowest BCUT2D eigenvalue weighted by Gasteiger charge is -2.14. The summed E-state index contributed by atoms with van der Waals surface area (Å²) in [5.74, 6) is 0.769. The van der Waals surface area contributed by atoms with E-state index in [1.807, 2.05) is 11.0 Å². The van der Waals surface area contributed by atoms with Crippen LogP contribution in [0.4, 0.5) is 5.69 Å². The Kier molecular flexibility index (Phi) is 2.11. The van der Waals surface area contributed by atoms with Crippen LogP contribution in [-0.4, -0.2) is 17.4 Å². The van der Waals surface area contributed by atoms with E-state index in [9.17, 15) is 4.79 Å². The molecular formula is C12H13ClN2O. The predicted molar refractivity (Wildman–Crippen MR) is 63.3 cm³/mol. The highest BCUT2D eigenvalue weighted by Crippen LogP contribution is 2.35. The van der Waals surface area contributed by atoms with Crippen LogP contribution >= 0.6 is 11.6 Å². The first kappa shape index (κ1) is 9.97. The van der Waals surface area contributed by atoms with Gasteiger partial charge in [-0.05, 0) is 36.5 Å². The molecule has 3 rings (SSSR count). The highest BCUT2D eigenvalue weighted by atomic mass is 35.5. The number of benzene rings is 1. The summed E-state index contributed by atoms with van der Waals surface area (Å²) in [6.07, 6.45) is 2.49. The first-order valence-corrected chi connectivity index (χ1v) is 5.90. The molecule has 1 saturated carbocycles. The number of fused-ring (bicyclic) bond motifs is 1. The molecule has 16 heavy (non-hydrogen) atoms. The van der Waals surface area contributed by atoms with Crippen LogP contribution in [0.3, 0.4) is 0 Å². The topological polar surface area (TPSA) is 46.3 Å². The van der Waals surface area contributed by atoms with Crippen LogP contribution in [0, 0.1) is 5.92 Å². The lowest BCUT2D eigenvalue weighted by Crippen LogP contribution is -2.26. The molecule has 0 spiro atoms. The molecule has 1 fully saturated rings. The fourth-order valence-electron chi connectivity index (χ4n) is 2.27. The number of nitrogen functional groups attached to an aromatic ring is 1. The third-order valence-electron chi connectivity index (χ3n) is 3.25. The van der Waals surface area contributed by atoms with Gasteiger partial charge in [0.15, 0.2) is 0 Å². The van der Waals surface area contributed by atoms with Crippen LogP contribution in [0.5, 0.6) is 0 Å². The second kappa shape index (κ2) is 3.39. The summed E-state index contributed by atoms with van der Waals surface area (Å²) >= 11 is 5.93. The zero-order valence-corrected chi connectivity index (χ0v) is 9.63. The van der Waals surface area contributed by atoms with Crippen LogP contribution in [0.2, 0.25) is 5.02 Å². The van der Waals surface area contributed by atoms with Crippen molar-refractivity contribution in [3.8, 4) is 0 Å². The van der Waals surface area contributed by atoms with Crippen LogP contribution < -0.4 is 5.73 Å². The molecule has 0 atom stereocenters. The number of anilines is 1. The molecular weight excluding hydrogens is 224 g/mol. The van der Waals surface area contributed by atoms with Gasteiger partial charge in [-0.2, -0.15) is 0 Å². The maximum atomic E-state index is 12.1. The van der Waals surface area contributed by atoms with Gasteiger partial charge in [-0.15, -0.1) is 0 Å². The van der Waals surface area contributed by atoms with Gasteiger partial charge in [0.1, 0.15) is 0 Å². The van der Waals surface area contributed by atoms with E-state index in [1.54, 1.807) is 6.07 Å². The summed E-state index contributed by atoms with van der Waals surface area (Å²) < 4.78 is 0.